The average Bonchev–Trinajstić information content (AvgIpc) is 2.34. The lowest BCUT2D eigenvalue weighted by molar-refractivity contribution is 1.05. The maximum atomic E-state index is 4.23. The summed E-state index contributed by atoms with van der Waals surface area (Å²) < 4.78 is 4.18. The van der Waals surface area contributed by atoms with Gasteiger partial charge in [0.1, 0.15) is 16.9 Å². The molecule has 0 amide bonds. The van der Waals surface area contributed by atoms with Crippen LogP contribution in [0.1, 0.15) is 11.5 Å². The van der Waals surface area contributed by atoms with Crippen molar-refractivity contribution < 1.29 is 0 Å². The van der Waals surface area contributed by atoms with E-state index in [-0.39, 0.29) is 0 Å². The van der Waals surface area contributed by atoms with Crippen LogP contribution < -0.4 is 0 Å². The molecule has 0 aliphatic heterocycles. The highest BCUT2D eigenvalue weighted by molar-refractivity contribution is 7.04. The third-order valence-electron chi connectivity index (χ3n) is 1.51. The van der Waals surface area contributed by atoms with Gasteiger partial charge in [0.15, 0.2) is 0 Å². The molecule has 0 unspecified atom stereocenters. The lowest BCUT2D eigenvalue weighted by Crippen LogP contribution is -1.90. The summed E-state index contributed by atoms with van der Waals surface area (Å²) in [4.78, 5) is 8.44. The molecule has 0 atom stereocenters. The van der Waals surface area contributed by atoms with Crippen molar-refractivity contribution in [3.05, 3.63) is 16.9 Å². The molecule has 0 radical (unpaired) electrons. The van der Waals surface area contributed by atoms with Crippen molar-refractivity contribution in [3.8, 4) is 0 Å². The van der Waals surface area contributed by atoms with Crippen LogP contribution in [0.25, 0.3) is 11.0 Å². The second kappa shape index (κ2) is 2.23. The van der Waals surface area contributed by atoms with Crippen molar-refractivity contribution in [2.24, 2.45) is 0 Å². The Morgan fingerprint density at radius 3 is 2.91 bits per heavy atom. The zero-order valence-electron chi connectivity index (χ0n) is 6.33. The van der Waals surface area contributed by atoms with E-state index in [2.05, 4.69) is 14.3 Å². The molecule has 0 aliphatic carbocycles. The standard InChI is InChI=1S/C7H7N3S/c1-4-7-6(3-11-10-7)9-5(2)8-4/h3H,1-2H3. The van der Waals surface area contributed by atoms with E-state index in [1.54, 1.807) is 0 Å². The largest absolute Gasteiger partial charge is 0.236 e. The maximum absolute atomic E-state index is 4.23. The van der Waals surface area contributed by atoms with Crippen LogP contribution in [0.2, 0.25) is 0 Å². The lowest BCUT2D eigenvalue weighted by atomic mass is 10.3. The zero-order valence-corrected chi connectivity index (χ0v) is 7.14. The van der Waals surface area contributed by atoms with E-state index < -0.39 is 0 Å². The second-order valence-electron chi connectivity index (χ2n) is 2.40. The van der Waals surface area contributed by atoms with Gasteiger partial charge in [-0.25, -0.2) is 9.97 Å². The van der Waals surface area contributed by atoms with E-state index in [4.69, 9.17) is 0 Å². The SMILES string of the molecule is Cc1nc(C)c2nscc2n1. The molecular formula is C7H7N3S. The lowest BCUT2D eigenvalue weighted by Gasteiger charge is -1.94. The number of rotatable bonds is 0. The summed E-state index contributed by atoms with van der Waals surface area (Å²) in [5, 5.41) is 1.94. The van der Waals surface area contributed by atoms with Gasteiger partial charge in [-0.3, -0.25) is 0 Å². The number of hydrogen-bond donors (Lipinski definition) is 0. The molecule has 0 spiro atoms. The van der Waals surface area contributed by atoms with E-state index in [9.17, 15) is 0 Å². The second-order valence-corrected chi connectivity index (χ2v) is 3.03. The van der Waals surface area contributed by atoms with Gasteiger partial charge < -0.3 is 0 Å². The quantitative estimate of drug-likeness (QED) is 0.596. The minimum absolute atomic E-state index is 0.815. The summed E-state index contributed by atoms with van der Waals surface area (Å²) in [6, 6.07) is 0. The number of aryl methyl sites for hydroxylation is 2. The highest BCUT2D eigenvalue weighted by Gasteiger charge is 2.02. The van der Waals surface area contributed by atoms with Gasteiger partial charge in [0.2, 0.25) is 0 Å². The molecule has 2 heterocycles. The van der Waals surface area contributed by atoms with Crippen molar-refractivity contribution in [2.45, 2.75) is 13.8 Å². The molecule has 11 heavy (non-hydrogen) atoms. The van der Waals surface area contributed by atoms with Crippen LogP contribution in [-0.4, -0.2) is 14.3 Å². The van der Waals surface area contributed by atoms with Crippen molar-refractivity contribution >= 4 is 22.6 Å². The molecule has 0 saturated carbocycles. The van der Waals surface area contributed by atoms with Gasteiger partial charge in [0.25, 0.3) is 0 Å². The summed E-state index contributed by atoms with van der Waals surface area (Å²) >= 11 is 1.42. The number of fused-ring (bicyclic) bond motifs is 1. The smallest absolute Gasteiger partial charge is 0.126 e. The van der Waals surface area contributed by atoms with Gasteiger partial charge in [-0.15, -0.1) is 0 Å². The van der Waals surface area contributed by atoms with E-state index in [0.29, 0.717) is 0 Å². The molecule has 0 saturated heterocycles. The van der Waals surface area contributed by atoms with E-state index >= 15 is 0 Å². The minimum atomic E-state index is 0.815. The summed E-state index contributed by atoms with van der Waals surface area (Å²) in [5.74, 6) is 0.815. The Morgan fingerprint density at radius 2 is 2.09 bits per heavy atom. The average molecular weight is 165 g/mol. The van der Waals surface area contributed by atoms with E-state index in [1.165, 1.54) is 11.5 Å². The predicted molar refractivity (Wildman–Crippen MR) is 44.7 cm³/mol. The van der Waals surface area contributed by atoms with Gasteiger partial charge in [-0.05, 0) is 25.4 Å². The summed E-state index contributed by atoms with van der Waals surface area (Å²) in [6.45, 7) is 3.85. The van der Waals surface area contributed by atoms with E-state index in [0.717, 1.165) is 22.6 Å². The number of nitrogens with zero attached hydrogens (tertiary/aromatic N) is 3. The van der Waals surface area contributed by atoms with E-state index in [1.807, 2.05) is 19.2 Å². The molecule has 3 nitrogen and oxygen atoms in total. The first-order valence-corrected chi connectivity index (χ1v) is 4.16. The molecule has 4 heteroatoms. The Labute approximate surface area is 68.3 Å². The van der Waals surface area contributed by atoms with Crippen LogP contribution in [0, 0.1) is 13.8 Å². The Balaban J connectivity index is 2.91. The highest BCUT2D eigenvalue weighted by atomic mass is 32.1. The number of hydrogen-bond acceptors (Lipinski definition) is 4. The summed E-state index contributed by atoms with van der Waals surface area (Å²) in [6.07, 6.45) is 0. The fraction of sp³-hybridized carbons (Fsp3) is 0.286. The third kappa shape index (κ3) is 0.991. The topological polar surface area (TPSA) is 38.7 Å². The highest BCUT2D eigenvalue weighted by Crippen LogP contribution is 2.14. The molecule has 2 aromatic heterocycles. The first kappa shape index (κ1) is 6.67. The molecule has 2 aromatic rings. The molecule has 0 N–H and O–H groups in total. The Kier molecular flexibility index (Phi) is 1.35. The van der Waals surface area contributed by atoms with Crippen LogP contribution in [-0.2, 0) is 0 Å². The predicted octanol–water partition coefficient (Wildman–Crippen LogP) is 1.70. The van der Waals surface area contributed by atoms with Crippen molar-refractivity contribution in [2.75, 3.05) is 0 Å². The van der Waals surface area contributed by atoms with Crippen LogP contribution >= 0.6 is 11.5 Å². The Bertz CT molecular complexity index is 393. The van der Waals surface area contributed by atoms with Gasteiger partial charge in [-0.1, -0.05) is 0 Å². The van der Waals surface area contributed by atoms with Gasteiger partial charge in [0, 0.05) is 5.38 Å². The minimum Gasteiger partial charge on any atom is -0.236 e. The van der Waals surface area contributed by atoms with Crippen molar-refractivity contribution in [1.29, 1.82) is 0 Å². The molecule has 0 aliphatic rings. The zero-order chi connectivity index (χ0) is 7.84. The van der Waals surface area contributed by atoms with Gasteiger partial charge >= 0.3 is 0 Å². The first-order chi connectivity index (χ1) is 5.27. The van der Waals surface area contributed by atoms with Crippen LogP contribution in [0.15, 0.2) is 5.38 Å². The molecule has 56 valence electrons. The Morgan fingerprint density at radius 1 is 1.27 bits per heavy atom. The Hall–Kier alpha value is -1.03. The summed E-state index contributed by atoms with van der Waals surface area (Å²) in [7, 11) is 0. The van der Waals surface area contributed by atoms with Crippen LogP contribution in [0.3, 0.4) is 0 Å². The molecular weight excluding hydrogens is 158 g/mol. The molecule has 0 bridgehead atoms. The molecule has 0 fully saturated rings. The van der Waals surface area contributed by atoms with Gasteiger partial charge in [-0.2, -0.15) is 4.37 Å². The van der Waals surface area contributed by atoms with Crippen molar-refractivity contribution in [3.63, 3.8) is 0 Å². The van der Waals surface area contributed by atoms with Gasteiger partial charge in [0.05, 0.1) is 5.69 Å². The maximum Gasteiger partial charge on any atom is 0.126 e. The fourth-order valence-corrected chi connectivity index (χ4v) is 1.71. The van der Waals surface area contributed by atoms with Crippen LogP contribution in [0.5, 0.6) is 0 Å². The van der Waals surface area contributed by atoms with Crippen molar-refractivity contribution in [1.82, 2.24) is 14.3 Å². The first-order valence-electron chi connectivity index (χ1n) is 3.32. The third-order valence-corrected chi connectivity index (χ3v) is 2.12. The fourth-order valence-electron chi connectivity index (χ4n) is 1.06. The number of aromatic nitrogens is 3. The molecule has 0 aromatic carbocycles. The normalized spacial score (nSPS) is 10.7. The summed E-state index contributed by atoms with van der Waals surface area (Å²) in [5.41, 5.74) is 2.86. The van der Waals surface area contributed by atoms with Crippen LogP contribution in [0.4, 0.5) is 0 Å². The monoisotopic (exact) mass is 165 g/mol. The molecule has 2 rings (SSSR count).